The van der Waals surface area contributed by atoms with Crippen molar-refractivity contribution < 1.29 is 47.8 Å². The van der Waals surface area contributed by atoms with Crippen molar-refractivity contribution in [2.75, 3.05) is 69.6 Å². The van der Waals surface area contributed by atoms with Crippen LogP contribution >= 0.6 is 0 Å². The van der Waals surface area contributed by atoms with Gasteiger partial charge in [-0.1, -0.05) is 116 Å². The van der Waals surface area contributed by atoms with Crippen LogP contribution in [0.1, 0.15) is 92.2 Å². The van der Waals surface area contributed by atoms with Gasteiger partial charge in [0.15, 0.2) is 0 Å². The van der Waals surface area contributed by atoms with Gasteiger partial charge in [-0.15, -0.1) is 0 Å². The van der Waals surface area contributed by atoms with Crippen LogP contribution < -0.4 is 10.6 Å². The molecule has 0 bridgehead atoms. The Labute approximate surface area is 441 Å². The standard InChI is InChI=1S/C56H88N8O10/c1-35(2)27-43(59(9)10)49(65)57-41-33-73-55(71)47(31-39-23-19-17-20-24-39)63(15)54(70)46(30-38(7)8)62(14)52(68)42(58-50(66)44(60(11)12)28-36(3)4)34-74-56(72)48(32-40-25-21-18-22-26-40)64(16)53(69)45(29-37(5)6)61(13)51(41)67/h17-26,35-38,41-48H,27-34H2,1-16H3,(H,57,65)(H,58,66)/t41-,42-,43-,44-,45-,46-,47-,48-/m0/s1. The molecule has 8 atom stereocenters. The van der Waals surface area contributed by atoms with Crippen LogP contribution in [0.5, 0.6) is 0 Å². The van der Waals surface area contributed by atoms with Gasteiger partial charge >= 0.3 is 11.9 Å². The maximum Gasteiger partial charge on any atom is 0.329 e. The summed E-state index contributed by atoms with van der Waals surface area (Å²) in [5.41, 5.74) is 1.37. The first-order valence-electron chi connectivity index (χ1n) is 26.1. The number of likely N-dealkylation sites (N-methyl/N-ethyl adjacent to an activating group) is 6. The summed E-state index contributed by atoms with van der Waals surface area (Å²) in [6.07, 6.45) is 1.11. The lowest BCUT2D eigenvalue weighted by Gasteiger charge is -2.38. The van der Waals surface area contributed by atoms with E-state index >= 15 is 19.2 Å². The van der Waals surface area contributed by atoms with E-state index in [1.807, 2.05) is 67.5 Å². The van der Waals surface area contributed by atoms with Crippen molar-refractivity contribution in [1.82, 2.24) is 40.0 Å². The van der Waals surface area contributed by atoms with Crippen LogP contribution in [0.4, 0.5) is 0 Å². The van der Waals surface area contributed by atoms with Crippen LogP contribution in [0, 0.1) is 23.7 Å². The molecule has 1 aliphatic rings. The summed E-state index contributed by atoms with van der Waals surface area (Å²) in [7, 11) is 12.8. The van der Waals surface area contributed by atoms with Crippen molar-refractivity contribution in [2.24, 2.45) is 23.7 Å². The number of rotatable bonds is 18. The molecule has 2 aromatic carbocycles. The van der Waals surface area contributed by atoms with E-state index in [9.17, 15) is 19.2 Å². The van der Waals surface area contributed by atoms with E-state index in [0.29, 0.717) is 24.0 Å². The zero-order valence-electron chi connectivity index (χ0n) is 47.1. The zero-order chi connectivity index (χ0) is 55.7. The first-order valence-corrected chi connectivity index (χ1v) is 26.1. The van der Waals surface area contributed by atoms with E-state index in [2.05, 4.69) is 10.6 Å². The number of esters is 2. The van der Waals surface area contributed by atoms with Crippen molar-refractivity contribution in [3.05, 3.63) is 71.8 Å². The van der Waals surface area contributed by atoms with E-state index in [0.717, 1.165) is 0 Å². The molecule has 2 aromatic rings. The molecule has 1 heterocycles. The van der Waals surface area contributed by atoms with Crippen molar-refractivity contribution in [1.29, 1.82) is 0 Å². The lowest BCUT2D eigenvalue weighted by atomic mass is 9.98. The topological polar surface area (TPSA) is 199 Å². The predicted molar refractivity (Wildman–Crippen MR) is 285 cm³/mol. The molecule has 6 amide bonds. The number of cyclic esters (lactones) is 2. The number of amides is 6. The number of nitrogens with zero attached hydrogens (tertiary/aromatic N) is 6. The Hall–Kier alpha value is -5.88. The van der Waals surface area contributed by atoms with E-state index in [-0.39, 0.29) is 49.4 Å². The van der Waals surface area contributed by atoms with Crippen LogP contribution in [0.15, 0.2) is 60.7 Å². The molecule has 1 aliphatic heterocycles. The monoisotopic (exact) mass is 1030 g/mol. The van der Waals surface area contributed by atoms with E-state index < -0.39 is 109 Å². The summed E-state index contributed by atoms with van der Waals surface area (Å²) in [6.45, 7) is 14.1. The summed E-state index contributed by atoms with van der Waals surface area (Å²) in [5, 5.41) is 5.70. The fraction of sp³-hybridized carbons (Fsp3) is 0.643. The highest BCUT2D eigenvalue weighted by atomic mass is 16.5. The quantitative estimate of drug-likeness (QED) is 0.205. The minimum absolute atomic E-state index is 0.0200. The zero-order valence-corrected chi connectivity index (χ0v) is 47.1. The molecule has 74 heavy (non-hydrogen) atoms. The normalized spacial score (nSPS) is 22.5. The second kappa shape index (κ2) is 29.3. The predicted octanol–water partition coefficient (Wildman–Crippen LogP) is 3.89. The molecular formula is C56H88N8O10. The first-order chi connectivity index (χ1) is 34.7. The number of hydrogen-bond donors (Lipinski definition) is 2. The smallest absolute Gasteiger partial charge is 0.329 e. The number of benzene rings is 2. The van der Waals surface area contributed by atoms with Gasteiger partial charge in [0.05, 0.1) is 12.1 Å². The highest BCUT2D eigenvalue weighted by Gasteiger charge is 2.43. The molecule has 3 rings (SSSR count). The molecule has 0 radical (unpaired) electrons. The average Bonchev–Trinajstić information content (AvgIpc) is 3.34. The Morgan fingerprint density at radius 3 is 1.05 bits per heavy atom. The van der Waals surface area contributed by atoms with Gasteiger partial charge in [0.25, 0.3) is 0 Å². The Kier molecular flexibility index (Phi) is 24.7. The molecule has 412 valence electrons. The van der Waals surface area contributed by atoms with Crippen molar-refractivity contribution >= 4 is 47.4 Å². The van der Waals surface area contributed by atoms with Gasteiger partial charge in [0.2, 0.25) is 35.4 Å². The van der Waals surface area contributed by atoms with Gasteiger partial charge < -0.3 is 39.7 Å². The van der Waals surface area contributed by atoms with Crippen molar-refractivity contribution in [3.63, 3.8) is 0 Å². The SMILES string of the molecule is CC(C)C[C@@H](C(=O)N[C@H]1COC(=O)[C@H](Cc2ccccc2)N(C)C(=O)[C@H](CC(C)C)N(C)C(=O)[C@@H](NC(=O)[C@H](CC(C)C)N(C)C)COC(=O)[C@H](Cc2ccccc2)N(C)C(=O)[C@H](CC(C)C)N(C)C1=O)N(C)C. The fourth-order valence-corrected chi connectivity index (χ4v) is 9.16. The Bertz CT molecular complexity index is 2020. The summed E-state index contributed by atoms with van der Waals surface area (Å²) in [5.74, 6) is -5.58. The molecule has 1 fully saturated rings. The minimum atomic E-state index is -1.50. The third-order valence-corrected chi connectivity index (χ3v) is 13.6. The van der Waals surface area contributed by atoms with Gasteiger partial charge in [0, 0.05) is 41.0 Å². The molecule has 0 aliphatic carbocycles. The molecule has 0 unspecified atom stereocenters. The second-order valence-electron chi connectivity index (χ2n) is 22.1. The van der Waals surface area contributed by atoms with Crippen molar-refractivity contribution in [3.8, 4) is 0 Å². The summed E-state index contributed by atoms with van der Waals surface area (Å²) in [6, 6.07) is 8.64. The van der Waals surface area contributed by atoms with Crippen LogP contribution in [-0.2, 0) is 60.7 Å². The van der Waals surface area contributed by atoms with Gasteiger partial charge in [-0.3, -0.25) is 38.6 Å². The minimum Gasteiger partial charge on any atom is -0.461 e. The Morgan fingerprint density at radius 2 is 0.784 bits per heavy atom. The molecule has 0 aromatic heterocycles. The molecule has 18 nitrogen and oxygen atoms in total. The van der Waals surface area contributed by atoms with Crippen LogP contribution in [0.3, 0.4) is 0 Å². The van der Waals surface area contributed by atoms with Crippen LogP contribution in [-0.4, -0.2) is 195 Å². The molecule has 0 saturated carbocycles. The molecule has 0 spiro atoms. The highest BCUT2D eigenvalue weighted by molar-refractivity contribution is 5.96. The largest absolute Gasteiger partial charge is 0.461 e. The molecule has 1 saturated heterocycles. The summed E-state index contributed by atoms with van der Waals surface area (Å²) in [4.78, 5) is 126. The molecule has 2 N–H and O–H groups in total. The van der Waals surface area contributed by atoms with Crippen LogP contribution in [0.2, 0.25) is 0 Å². The van der Waals surface area contributed by atoms with Gasteiger partial charge in [-0.2, -0.15) is 0 Å². The highest BCUT2D eigenvalue weighted by Crippen LogP contribution is 2.22. The van der Waals surface area contributed by atoms with Gasteiger partial charge in [-0.25, -0.2) is 9.59 Å². The fourth-order valence-electron chi connectivity index (χ4n) is 9.16. The van der Waals surface area contributed by atoms with E-state index in [4.69, 9.17) is 9.47 Å². The summed E-state index contributed by atoms with van der Waals surface area (Å²) >= 11 is 0. The van der Waals surface area contributed by atoms with Crippen LogP contribution in [0.25, 0.3) is 0 Å². The third kappa shape index (κ3) is 18.2. The average molecular weight is 1030 g/mol. The number of nitrogens with one attached hydrogen (secondary N) is 2. The first kappa shape index (κ1) is 62.4. The second-order valence-corrected chi connectivity index (χ2v) is 22.1. The van der Waals surface area contributed by atoms with E-state index in [1.54, 1.807) is 86.5 Å². The maximum absolute atomic E-state index is 15.1. The number of carbonyl (C=O) groups excluding carboxylic acids is 8. The Balaban J connectivity index is 2.36. The number of ether oxygens (including phenoxy) is 2. The van der Waals surface area contributed by atoms with Gasteiger partial charge in [0.1, 0.15) is 49.5 Å². The Morgan fingerprint density at radius 1 is 0.486 bits per heavy atom. The third-order valence-electron chi connectivity index (χ3n) is 13.6. The lowest BCUT2D eigenvalue weighted by molar-refractivity contribution is -0.162. The number of hydrogen-bond acceptors (Lipinski definition) is 12. The summed E-state index contributed by atoms with van der Waals surface area (Å²) < 4.78 is 12.1. The number of carbonyl (C=O) groups is 8. The van der Waals surface area contributed by atoms with Crippen molar-refractivity contribution in [2.45, 2.75) is 142 Å². The maximum atomic E-state index is 15.1. The molecular weight excluding hydrogens is 945 g/mol. The molecule has 18 heteroatoms. The lowest BCUT2D eigenvalue weighted by Crippen LogP contribution is -2.61. The van der Waals surface area contributed by atoms with Gasteiger partial charge in [-0.05, 0) is 88.7 Å². The van der Waals surface area contributed by atoms with E-state index in [1.165, 1.54) is 47.8 Å².